The van der Waals surface area contributed by atoms with Crippen LogP contribution >= 0.6 is 11.3 Å². The summed E-state index contributed by atoms with van der Waals surface area (Å²) >= 11 is 1.49. The van der Waals surface area contributed by atoms with Gasteiger partial charge in [-0.15, -0.1) is 0 Å². The number of aromatic nitrogens is 1. The van der Waals surface area contributed by atoms with E-state index >= 15 is 0 Å². The highest BCUT2D eigenvalue weighted by molar-refractivity contribution is 7.11. The molecule has 2 aromatic rings. The topological polar surface area (TPSA) is 42.4 Å². The number of rotatable bonds is 5. The monoisotopic (exact) mass is 316 g/mol. The summed E-state index contributed by atoms with van der Waals surface area (Å²) in [6.45, 7) is 3.54. The maximum absolute atomic E-state index is 12.3. The third kappa shape index (κ3) is 3.65. The second kappa shape index (κ2) is 6.92. The highest BCUT2D eigenvalue weighted by atomic mass is 32.1. The molecule has 0 spiro atoms. The van der Waals surface area contributed by atoms with Gasteiger partial charge in [0.1, 0.15) is 6.10 Å². The predicted molar refractivity (Wildman–Crippen MR) is 87.2 cm³/mol. The molecule has 0 saturated carbocycles. The quantitative estimate of drug-likeness (QED) is 0.851. The number of hydrogen-bond acceptors (Lipinski definition) is 4. The SMILES string of the molecule is Cc1ccccc1CCC(=O)N1CCC(Oc2nccs2)C1. The molecule has 1 aromatic heterocycles. The lowest BCUT2D eigenvalue weighted by molar-refractivity contribution is -0.130. The van der Waals surface area contributed by atoms with Gasteiger partial charge in [0, 0.05) is 31.0 Å². The Kier molecular flexibility index (Phi) is 4.73. The lowest BCUT2D eigenvalue weighted by Gasteiger charge is -2.16. The summed E-state index contributed by atoms with van der Waals surface area (Å²) in [5.74, 6) is 0.216. The van der Waals surface area contributed by atoms with E-state index in [1.807, 2.05) is 22.4 Å². The van der Waals surface area contributed by atoms with Gasteiger partial charge in [-0.3, -0.25) is 4.79 Å². The van der Waals surface area contributed by atoms with Crippen LogP contribution in [0.3, 0.4) is 0 Å². The van der Waals surface area contributed by atoms with E-state index in [0.717, 1.165) is 19.4 Å². The molecule has 3 rings (SSSR count). The number of hydrogen-bond donors (Lipinski definition) is 0. The maximum Gasteiger partial charge on any atom is 0.273 e. The van der Waals surface area contributed by atoms with Crippen LogP contribution in [0.5, 0.6) is 5.19 Å². The summed E-state index contributed by atoms with van der Waals surface area (Å²) in [6.07, 6.45) is 4.07. The molecule has 1 aliphatic heterocycles. The van der Waals surface area contributed by atoms with Crippen LogP contribution in [0.1, 0.15) is 24.0 Å². The first-order valence-electron chi connectivity index (χ1n) is 7.61. The molecule has 1 aliphatic rings. The maximum atomic E-state index is 12.3. The van der Waals surface area contributed by atoms with Crippen molar-refractivity contribution < 1.29 is 9.53 Å². The van der Waals surface area contributed by atoms with Gasteiger partial charge in [-0.05, 0) is 24.5 Å². The zero-order valence-electron chi connectivity index (χ0n) is 12.7. The fourth-order valence-corrected chi connectivity index (χ4v) is 3.30. The van der Waals surface area contributed by atoms with Gasteiger partial charge < -0.3 is 9.64 Å². The molecule has 1 fully saturated rings. The molecule has 1 atom stereocenters. The average Bonchev–Trinajstić information content (AvgIpc) is 3.18. The highest BCUT2D eigenvalue weighted by Gasteiger charge is 2.27. The molecular formula is C17H20N2O2S. The zero-order chi connectivity index (χ0) is 15.4. The Labute approximate surface area is 134 Å². The van der Waals surface area contributed by atoms with Crippen molar-refractivity contribution in [2.75, 3.05) is 13.1 Å². The number of amides is 1. The molecule has 2 heterocycles. The summed E-state index contributed by atoms with van der Waals surface area (Å²) in [5.41, 5.74) is 2.51. The molecule has 1 saturated heterocycles. The second-order valence-electron chi connectivity index (χ2n) is 5.59. The van der Waals surface area contributed by atoms with Crippen LogP contribution in [0.15, 0.2) is 35.8 Å². The molecular weight excluding hydrogens is 296 g/mol. The zero-order valence-corrected chi connectivity index (χ0v) is 13.5. The fourth-order valence-electron chi connectivity index (χ4n) is 2.75. The van der Waals surface area contributed by atoms with E-state index in [1.54, 1.807) is 6.20 Å². The van der Waals surface area contributed by atoms with Gasteiger partial charge in [-0.2, -0.15) is 0 Å². The minimum absolute atomic E-state index is 0.0774. The summed E-state index contributed by atoms with van der Waals surface area (Å²) in [4.78, 5) is 18.4. The standard InChI is InChI=1S/C17H20N2O2S/c1-13-4-2-3-5-14(13)6-7-16(20)19-10-8-15(12-19)21-17-18-9-11-22-17/h2-5,9,11,15H,6-8,10,12H2,1H3. The fraction of sp³-hybridized carbons (Fsp3) is 0.412. The Hall–Kier alpha value is -1.88. The van der Waals surface area contributed by atoms with Gasteiger partial charge in [0.2, 0.25) is 5.91 Å². The van der Waals surface area contributed by atoms with Gasteiger partial charge >= 0.3 is 0 Å². The number of likely N-dealkylation sites (tertiary alicyclic amines) is 1. The van der Waals surface area contributed by atoms with E-state index in [9.17, 15) is 4.79 Å². The van der Waals surface area contributed by atoms with Gasteiger partial charge in [-0.1, -0.05) is 35.6 Å². The second-order valence-corrected chi connectivity index (χ2v) is 6.45. The number of aryl methyl sites for hydroxylation is 2. The summed E-state index contributed by atoms with van der Waals surface area (Å²) in [6, 6.07) is 8.25. The van der Waals surface area contributed by atoms with Crippen LogP contribution in [0.2, 0.25) is 0 Å². The molecule has 5 heteroatoms. The Bertz CT molecular complexity index is 627. The molecule has 1 amide bonds. The van der Waals surface area contributed by atoms with Crippen molar-refractivity contribution in [1.29, 1.82) is 0 Å². The first kappa shape index (κ1) is 15.0. The molecule has 0 N–H and O–H groups in total. The minimum Gasteiger partial charge on any atom is -0.465 e. The van der Waals surface area contributed by atoms with Gasteiger partial charge in [0.15, 0.2) is 0 Å². The number of benzene rings is 1. The molecule has 0 aliphatic carbocycles. The average molecular weight is 316 g/mol. The van der Waals surface area contributed by atoms with Gasteiger partial charge in [0.05, 0.1) is 6.54 Å². The summed E-state index contributed by atoms with van der Waals surface area (Å²) < 4.78 is 5.79. The third-order valence-corrected chi connectivity index (χ3v) is 4.71. The van der Waals surface area contributed by atoms with Crippen LogP contribution in [0, 0.1) is 6.92 Å². The predicted octanol–water partition coefficient (Wildman–Crippen LogP) is 3.06. The highest BCUT2D eigenvalue weighted by Crippen LogP contribution is 2.21. The Balaban J connectivity index is 1.48. The summed E-state index contributed by atoms with van der Waals surface area (Å²) in [7, 11) is 0. The van der Waals surface area contributed by atoms with Crippen LogP contribution in [-0.4, -0.2) is 35.0 Å². The first-order valence-corrected chi connectivity index (χ1v) is 8.49. The molecule has 1 aromatic carbocycles. The van der Waals surface area contributed by atoms with E-state index in [4.69, 9.17) is 4.74 Å². The van der Waals surface area contributed by atoms with Crippen molar-refractivity contribution in [2.45, 2.75) is 32.3 Å². The number of ether oxygens (including phenoxy) is 1. The van der Waals surface area contributed by atoms with Crippen molar-refractivity contribution in [3.05, 3.63) is 47.0 Å². The van der Waals surface area contributed by atoms with Crippen molar-refractivity contribution in [2.24, 2.45) is 0 Å². The number of carbonyl (C=O) groups excluding carboxylic acids is 1. The molecule has 4 nitrogen and oxygen atoms in total. The first-order chi connectivity index (χ1) is 10.7. The van der Waals surface area contributed by atoms with Crippen LogP contribution in [0.4, 0.5) is 0 Å². The molecule has 116 valence electrons. The lowest BCUT2D eigenvalue weighted by Crippen LogP contribution is -2.31. The van der Waals surface area contributed by atoms with Gasteiger partial charge in [0.25, 0.3) is 5.19 Å². The lowest BCUT2D eigenvalue weighted by atomic mass is 10.0. The van der Waals surface area contributed by atoms with Crippen LogP contribution < -0.4 is 4.74 Å². The van der Waals surface area contributed by atoms with Crippen molar-refractivity contribution in [3.63, 3.8) is 0 Å². The Morgan fingerprint density at radius 2 is 2.32 bits per heavy atom. The Morgan fingerprint density at radius 1 is 1.45 bits per heavy atom. The number of carbonyl (C=O) groups is 1. The van der Waals surface area contributed by atoms with Gasteiger partial charge in [-0.25, -0.2) is 4.98 Å². The van der Waals surface area contributed by atoms with E-state index < -0.39 is 0 Å². The normalized spacial score (nSPS) is 17.7. The Morgan fingerprint density at radius 3 is 3.09 bits per heavy atom. The minimum atomic E-state index is 0.0774. The van der Waals surface area contributed by atoms with Crippen molar-refractivity contribution in [1.82, 2.24) is 9.88 Å². The van der Waals surface area contributed by atoms with Crippen molar-refractivity contribution >= 4 is 17.2 Å². The molecule has 22 heavy (non-hydrogen) atoms. The van der Waals surface area contributed by atoms with E-state index in [1.165, 1.54) is 22.5 Å². The van der Waals surface area contributed by atoms with Crippen LogP contribution in [-0.2, 0) is 11.2 Å². The van der Waals surface area contributed by atoms with E-state index in [2.05, 4.69) is 24.0 Å². The van der Waals surface area contributed by atoms with E-state index in [0.29, 0.717) is 18.2 Å². The third-order valence-electron chi connectivity index (χ3n) is 4.04. The smallest absolute Gasteiger partial charge is 0.273 e. The largest absolute Gasteiger partial charge is 0.465 e. The molecule has 0 bridgehead atoms. The summed E-state index contributed by atoms with van der Waals surface area (Å²) in [5, 5.41) is 2.59. The van der Waals surface area contributed by atoms with Crippen LogP contribution in [0.25, 0.3) is 0 Å². The number of thiazole rings is 1. The number of nitrogens with zero attached hydrogens (tertiary/aromatic N) is 2. The molecule has 0 radical (unpaired) electrons. The van der Waals surface area contributed by atoms with E-state index in [-0.39, 0.29) is 12.0 Å². The molecule has 1 unspecified atom stereocenters. The van der Waals surface area contributed by atoms with Crippen molar-refractivity contribution in [3.8, 4) is 5.19 Å².